The molecule has 0 aliphatic heterocycles. The number of hydrogen-bond acceptors (Lipinski definition) is 1. The molecule has 4 unspecified atom stereocenters. The molecule has 1 aromatic carbocycles. The molecule has 0 saturated heterocycles. The summed E-state index contributed by atoms with van der Waals surface area (Å²) in [6.07, 6.45) is 10.1. The van der Waals surface area contributed by atoms with Crippen molar-refractivity contribution in [2.75, 3.05) is 0 Å². The maximum Gasteiger partial charge on any atom is 0.0792 e. The van der Waals surface area contributed by atoms with Crippen LogP contribution in [0, 0.1) is 17.8 Å². The number of aliphatic hydroxyl groups excluding tert-OH is 1. The highest BCUT2D eigenvalue weighted by Gasteiger charge is 2.40. The Hall–Kier alpha value is -0.820. The van der Waals surface area contributed by atoms with Gasteiger partial charge in [0.1, 0.15) is 0 Å². The smallest absolute Gasteiger partial charge is 0.0792 e. The molecule has 2 saturated carbocycles. The highest BCUT2D eigenvalue weighted by molar-refractivity contribution is 5.24. The number of benzene rings is 1. The third-order valence-corrected chi connectivity index (χ3v) is 5.59. The molecule has 4 atom stereocenters. The molecule has 1 N–H and O–H groups in total. The monoisotopic (exact) mass is 272 g/mol. The van der Waals surface area contributed by atoms with Gasteiger partial charge >= 0.3 is 0 Å². The van der Waals surface area contributed by atoms with Crippen molar-refractivity contribution in [3.63, 3.8) is 0 Å². The minimum Gasteiger partial charge on any atom is -0.388 e. The van der Waals surface area contributed by atoms with Gasteiger partial charge in [0, 0.05) is 0 Å². The number of aryl methyl sites for hydroxylation is 1. The summed E-state index contributed by atoms with van der Waals surface area (Å²) in [6, 6.07) is 8.69. The molecule has 1 heteroatoms. The second-order valence-electron chi connectivity index (χ2n) is 7.03. The van der Waals surface area contributed by atoms with Gasteiger partial charge in [0.15, 0.2) is 0 Å². The quantitative estimate of drug-likeness (QED) is 0.781. The molecule has 3 rings (SSSR count). The molecule has 20 heavy (non-hydrogen) atoms. The average molecular weight is 272 g/mol. The first-order valence-corrected chi connectivity index (χ1v) is 8.53. The van der Waals surface area contributed by atoms with E-state index in [9.17, 15) is 5.11 Å². The normalized spacial score (nSPS) is 29.8. The zero-order valence-corrected chi connectivity index (χ0v) is 12.7. The highest BCUT2D eigenvalue weighted by atomic mass is 16.3. The Bertz CT molecular complexity index is 422. The van der Waals surface area contributed by atoms with Crippen LogP contribution >= 0.6 is 0 Å². The van der Waals surface area contributed by atoms with E-state index in [0.717, 1.165) is 29.7 Å². The number of rotatable bonds is 6. The standard InChI is InChI=1S/C19H28O/c1-2-3-4-14-5-8-16(9-6-14)19(20)13-18-12-15-7-10-17(18)11-15/h5-6,8-9,15,17-20H,2-4,7,10-13H2,1H3. The third-order valence-electron chi connectivity index (χ3n) is 5.59. The summed E-state index contributed by atoms with van der Waals surface area (Å²) >= 11 is 0. The molecule has 0 heterocycles. The lowest BCUT2D eigenvalue weighted by Crippen LogP contribution is -2.14. The molecule has 0 aromatic heterocycles. The zero-order valence-electron chi connectivity index (χ0n) is 12.7. The van der Waals surface area contributed by atoms with E-state index in [1.165, 1.54) is 50.5 Å². The number of fused-ring (bicyclic) bond motifs is 2. The number of hydrogen-bond donors (Lipinski definition) is 1. The second kappa shape index (κ2) is 6.30. The van der Waals surface area contributed by atoms with Gasteiger partial charge in [-0.15, -0.1) is 0 Å². The highest BCUT2D eigenvalue weighted by Crippen LogP contribution is 2.50. The van der Waals surface area contributed by atoms with Crippen LogP contribution in [0.1, 0.15) is 69.1 Å². The lowest BCUT2D eigenvalue weighted by molar-refractivity contribution is 0.125. The van der Waals surface area contributed by atoms with Gasteiger partial charge in [-0.1, -0.05) is 44.0 Å². The van der Waals surface area contributed by atoms with Gasteiger partial charge in [0.25, 0.3) is 0 Å². The molecule has 2 fully saturated rings. The van der Waals surface area contributed by atoms with Crippen LogP contribution in [0.25, 0.3) is 0 Å². The van der Waals surface area contributed by atoms with Gasteiger partial charge in [-0.25, -0.2) is 0 Å². The van der Waals surface area contributed by atoms with Crippen LogP contribution in [0.15, 0.2) is 24.3 Å². The van der Waals surface area contributed by atoms with Gasteiger partial charge in [0.05, 0.1) is 6.10 Å². The molecule has 2 aliphatic rings. The van der Waals surface area contributed by atoms with E-state index in [0.29, 0.717) is 0 Å². The number of unbranched alkanes of at least 4 members (excludes halogenated alkanes) is 1. The van der Waals surface area contributed by atoms with E-state index in [4.69, 9.17) is 0 Å². The van der Waals surface area contributed by atoms with Gasteiger partial charge in [-0.05, 0) is 67.4 Å². The van der Waals surface area contributed by atoms with Crippen LogP contribution in [0.2, 0.25) is 0 Å². The van der Waals surface area contributed by atoms with Crippen molar-refractivity contribution >= 4 is 0 Å². The first kappa shape index (κ1) is 14.1. The van der Waals surface area contributed by atoms with Gasteiger partial charge in [-0.3, -0.25) is 0 Å². The van der Waals surface area contributed by atoms with Gasteiger partial charge in [0.2, 0.25) is 0 Å². The van der Waals surface area contributed by atoms with E-state index in [2.05, 4.69) is 31.2 Å². The fraction of sp³-hybridized carbons (Fsp3) is 0.684. The first-order valence-electron chi connectivity index (χ1n) is 8.53. The average Bonchev–Trinajstić information content (AvgIpc) is 3.08. The fourth-order valence-corrected chi connectivity index (χ4v) is 4.38. The predicted octanol–water partition coefficient (Wildman–Crippen LogP) is 4.89. The predicted molar refractivity (Wildman–Crippen MR) is 83.6 cm³/mol. The summed E-state index contributed by atoms with van der Waals surface area (Å²) in [4.78, 5) is 0. The molecule has 0 amide bonds. The lowest BCUT2D eigenvalue weighted by Gasteiger charge is -2.24. The van der Waals surface area contributed by atoms with Gasteiger partial charge in [-0.2, -0.15) is 0 Å². The lowest BCUT2D eigenvalue weighted by atomic mass is 9.83. The van der Waals surface area contributed by atoms with Crippen molar-refractivity contribution < 1.29 is 5.11 Å². The zero-order chi connectivity index (χ0) is 13.9. The molecule has 2 aliphatic carbocycles. The van der Waals surface area contributed by atoms with Crippen LogP contribution in [0.5, 0.6) is 0 Å². The largest absolute Gasteiger partial charge is 0.388 e. The Labute approximate surface area is 123 Å². The topological polar surface area (TPSA) is 20.2 Å². The molecular weight excluding hydrogens is 244 g/mol. The van der Waals surface area contributed by atoms with E-state index in [-0.39, 0.29) is 6.10 Å². The minimum atomic E-state index is -0.250. The van der Waals surface area contributed by atoms with Crippen molar-refractivity contribution in [3.8, 4) is 0 Å². The SMILES string of the molecule is CCCCc1ccc(C(O)CC2CC3CCC2C3)cc1. The van der Waals surface area contributed by atoms with E-state index in [1.807, 2.05) is 0 Å². The molecule has 0 radical (unpaired) electrons. The summed E-state index contributed by atoms with van der Waals surface area (Å²) in [5.41, 5.74) is 2.52. The fourth-order valence-electron chi connectivity index (χ4n) is 4.38. The van der Waals surface area contributed by atoms with E-state index in [1.54, 1.807) is 0 Å². The summed E-state index contributed by atoms with van der Waals surface area (Å²) in [7, 11) is 0. The molecule has 1 aromatic rings. The Balaban J connectivity index is 1.55. The minimum absolute atomic E-state index is 0.250. The first-order chi connectivity index (χ1) is 9.76. The molecule has 1 nitrogen and oxygen atoms in total. The Morgan fingerprint density at radius 3 is 2.55 bits per heavy atom. The second-order valence-corrected chi connectivity index (χ2v) is 7.03. The Morgan fingerprint density at radius 1 is 1.15 bits per heavy atom. The van der Waals surface area contributed by atoms with Crippen LogP contribution in [-0.2, 0) is 6.42 Å². The third kappa shape index (κ3) is 3.09. The summed E-state index contributed by atoms with van der Waals surface area (Å²) in [5, 5.41) is 10.5. The van der Waals surface area contributed by atoms with Gasteiger partial charge < -0.3 is 5.11 Å². The van der Waals surface area contributed by atoms with Crippen molar-refractivity contribution in [1.29, 1.82) is 0 Å². The van der Waals surface area contributed by atoms with Crippen LogP contribution < -0.4 is 0 Å². The van der Waals surface area contributed by atoms with Crippen molar-refractivity contribution in [3.05, 3.63) is 35.4 Å². The van der Waals surface area contributed by atoms with Crippen molar-refractivity contribution in [2.45, 2.75) is 64.4 Å². The van der Waals surface area contributed by atoms with Crippen LogP contribution in [-0.4, -0.2) is 5.11 Å². The number of aliphatic hydroxyl groups is 1. The van der Waals surface area contributed by atoms with Crippen LogP contribution in [0.3, 0.4) is 0 Å². The summed E-state index contributed by atoms with van der Waals surface area (Å²) in [6.45, 7) is 2.23. The Kier molecular flexibility index (Phi) is 4.45. The molecular formula is C19H28O. The summed E-state index contributed by atoms with van der Waals surface area (Å²) in [5.74, 6) is 2.68. The maximum atomic E-state index is 10.5. The molecule has 110 valence electrons. The Morgan fingerprint density at radius 2 is 1.95 bits per heavy atom. The summed E-state index contributed by atoms with van der Waals surface area (Å²) < 4.78 is 0. The maximum absolute atomic E-state index is 10.5. The van der Waals surface area contributed by atoms with E-state index < -0.39 is 0 Å². The molecule has 0 spiro atoms. The van der Waals surface area contributed by atoms with E-state index >= 15 is 0 Å². The van der Waals surface area contributed by atoms with Crippen molar-refractivity contribution in [1.82, 2.24) is 0 Å². The molecule has 2 bridgehead atoms. The van der Waals surface area contributed by atoms with Crippen molar-refractivity contribution in [2.24, 2.45) is 17.8 Å². The van der Waals surface area contributed by atoms with Crippen LogP contribution in [0.4, 0.5) is 0 Å².